The average molecular weight is 343 g/mol. The monoisotopic (exact) mass is 342 g/mol. The number of aliphatic imine (C=N–C) groups is 1. The molecule has 0 spiro atoms. The van der Waals surface area contributed by atoms with E-state index in [9.17, 15) is 0 Å². The number of nitrogens with zero attached hydrogens (tertiary/aromatic N) is 2. The van der Waals surface area contributed by atoms with Gasteiger partial charge in [0, 0.05) is 22.3 Å². The Morgan fingerprint density at radius 2 is 1.08 bits per heavy atom. The summed E-state index contributed by atoms with van der Waals surface area (Å²) in [6.07, 6.45) is 2.16. The maximum absolute atomic E-state index is 4.65. The normalized spacial score (nSPS) is 15.4. The molecule has 1 heterocycles. The number of aryl methyl sites for hydroxylation is 6. The number of rotatable bonds is 2. The van der Waals surface area contributed by atoms with Crippen LogP contribution in [-0.2, 0) is 0 Å². The van der Waals surface area contributed by atoms with Crippen molar-refractivity contribution in [1.82, 2.24) is 4.48 Å². The Bertz CT molecular complexity index is 702. The van der Waals surface area contributed by atoms with Crippen molar-refractivity contribution in [3.05, 3.63) is 57.6 Å². The van der Waals surface area contributed by atoms with Crippen LogP contribution in [0.4, 0.5) is 11.4 Å². The fraction of sp³-hybridized carbons (Fsp3) is 0.381. The van der Waals surface area contributed by atoms with Gasteiger partial charge in [0.2, 0.25) is 0 Å². The Morgan fingerprint density at radius 1 is 0.708 bits per heavy atom. The highest BCUT2D eigenvalue weighted by atomic mass is 35.5. The van der Waals surface area contributed by atoms with E-state index in [1.165, 1.54) is 44.8 Å². The second-order valence-electron chi connectivity index (χ2n) is 7.11. The van der Waals surface area contributed by atoms with Crippen LogP contribution in [0.15, 0.2) is 29.3 Å². The lowest BCUT2D eigenvalue weighted by atomic mass is 9.97. The van der Waals surface area contributed by atoms with Crippen molar-refractivity contribution >= 4 is 17.7 Å². The molecule has 0 aromatic heterocycles. The molecular weight excluding hydrogens is 316 g/mol. The summed E-state index contributed by atoms with van der Waals surface area (Å²) in [7, 11) is 0. The van der Waals surface area contributed by atoms with Gasteiger partial charge in [-0.05, 0) is 41.5 Å². The Labute approximate surface area is 152 Å². The molecule has 0 aliphatic carbocycles. The van der Waals surface area contributed by atoms with E-state index in [1.807, 2.05) is 0 Å². The first kappa shape index (κ1) is 18.7. The molecule has 0 fully saturated rings. The molecular formula is C21H27ClN2. The van der Waals surface area contributed by atoms with Crippen molar-refractivity contribution in [3.8, 4) is 0 Å². The van der Waals surface area contributed by atoms with Crippen LogP contribution < -0.4 is 16.9 Å². The van der Waals surface area contributed by atoms with Crippen molar-refractivity contribution in [2.45, 2.75) is 41.5 Å². The highest BCUT2D eigenvalue weighted by Gasteiger charge is 2.40. The molecule has 0 atom stereocenters. The molecule has 128 valence electrons. The van der Waals surface area contributed by atoms with Crippen LogP contribution in [-0.4, -0.2) is 19.4 Å². The zero-order valence-electron chi connectivity index (χ0n) is 15.6. The summed E-state index contributed by atoms with van der Waals surface area (Å²) < 4.78 is 0.760. The molecule has 2 aromatic carbocycles. The Morgan fingerprint density at radius 3 is 1.38 bits per heavy atom. The Hall–Kier alpha value is -1.64. The fourth-order valence-corrected chi connectivity index (χ4v) is 4.52. The first-order valence-corrected chi connectivity index (χ1v) is 8.41. The number of hydrogen-bond donors (Lipinski definition) is 0. The van der Waals surface area contributed by atoms with E-state index in [4.69, 9.17) is 0 Å². The highest BCUT2D eigenvalue weighted by molar-refractivity contribution is 5.89. The summed E-state index contributed by atoms with van der Waals surface area (Å²) in [4.78, 5) is 4.65. The van der Waals surface area contributed by atoms with E-state index in [2.05, 4.69) is 77.1 Å². The zero-order valence-corrected chi connectivity index (χ0v) is 16.3. The summed E-state index contributed by atoms with van der Waals surface area (Å²) in [6.45, 7) is 15.2. The van der Waals surface area contributed by atoms with Gasteiger partial charge in [-0.25, -0.2) is 9.48 Å². The third-order valence-electron chi connectivity index (χ3n) is 4.93. The second kappa shape index (κ2) is 6.70. The van der Waals surface area contributed by atoms with Crippen molar-refractivity contribution < 1.29 is 12.4 Å². The van der Waals surface area contributed by atoms with Crippen LogP contribution in [0, 0.1) is 41.5 Å². The van der Waals surface area contributed by atoms with Gasteiger partial charge in [-0.3, -0.25) is 0 Å². The summed E-state index contributed by atoms with van der Waals surface area (Å²) in [5.74, 6) is 0. The largest absolute Gasteiger partial charge is 1.00 e. The van der Waals surface area contributed by atoms with Crippen molar-refractivity contribution in [2.24, 2.45) is 4.99 Å². The summed E-state index contributed by atoms with van der Waals surface area (Å²) in [5, 5.41) is 0. The standard InChI is InChI=1S/C21H27N2.ClH/c1-14-9-16(3)20(17(4)10-14)23(8-7-22-13-23)21-18(5)11-15(2)12-19(21)6;/h9-13H,7-8H2,1-6H3;1H/q+1;/p-1. The predicted octanol–water partition coefficient (Wildman–Crippen LogP) is 2.22. The lowest BCUT2D eigenvalue weighted by Gasteiger charge is -2.34. The topological polar surface area (TPSA) is 12.4 Å². The molecule has 24 heavy (non-hydrogen) atoms. The van der Waals surface area contributed by atoms with E-state index < -0.39 is 0 Å². The van der Waals surface area contributed by atoms with E-state index in [1.54, 1.807) is 0 Å². The third-order valence-corrected chi connectivity index (χ3v) is 4.93. The van der Waals surface area contributed by atoms with E-state index in [0.717, 1.165) is 17.6 Å². The van der Waals surface area contributed by atoms with Gasteiger partial charge in [0.15, 0.2) is 6.34 Å². The average Bonchev–Trinajstić information content (AvgIpc) is 2.85. The summed E-state index contributed by atoms with van der Waals surface area (Å²) >= 11 is 0. The van der Waals surface area contributed by atoms with Crippen molar-refractivity contribution in [3.63, 3.8) is 0 Å². The van der Waals surface area contributed by atoms with Gasteiger partial charge in [-0.1, -0.05) is 35.4 Å². The number of benzene rings is 2. The summed E-state index contributed by atoms with van der Waals surface area (Å²) in [6, 6.07) is 9.20. The zero-order chi connectivity index (χ0) is 16.8. The number of halogens is 1. The predicted molar refractivity (Wildman–Crippen MR) is 101 cm³/mol. The van der Waals surface area contributed by atoms with Crippen LogP contribution in [0.25, 0.3) is 0 Å². The van der Waals surface area contributed by atoms with Gasteiger partial charge in [0.25, 0.3) is 0 Å². The Balaban J connectivity index is 0.00000208. The fourth-order valence-electron chi connectivity index (χ4n) is 4.52. The maximum atomic E-state index is 4.65. The minimum Gasteiger partial charge on any atom is -1.00 e. The molecule has 1 aliphatic heterocycles. The molecule has 0 radical (unpaired) electrons. The summed E-state index contributed by atoms with van der Waals surface area (Å²) in [5.41, 5.74) is 10.9. The molecule has 3 rings (SSSR count). The van der Waals surface area contributed by atoms with Gasteiger partial charge in [-0.2, -0.15) is 0 Å². The minimum atomic E-state index is 0. The number of quaternary nitrogens is 1. The van der Waals surface area contributed by atoms with Gasteiger partial charge >= 0.3 is 0 Å². The first-order chi connectivity index (χ1) is 10.8. The van der Waals surface area contributed by atoms with E-state index in [-0.39, 0.29) is 12.4 Å². The molecule has 2 aromatic rings. The van der Waals surface area contributed by atoms with Crippen LogP contribution in [0.5, 0.6) is 0 Å². The molecule has 0 unspecified atom stereocenters. The molecule has 0 bridgehead atoms. The second-order valence-corrected chi connectivity index (χ2v) is 7.11. The van der Waals surface area contributed by atoms with E-state index >= 15 is 0 Å². The highest BCUT2D eigenvalue weighted by Crippen LogP contribution is 2.43. The quantitative estimate of drug-likeness (QED) is 0.742. The molecule has 2 nitrogen and oxygen atoms in total. The van der Waals surface area contributed by atoms with E-state index in [0.29, 0.717) is 0 Å². The maximum Gasteiger partial charge on any atom is 0.195 e. The first-order valence-electron chi connectivity index (χ1n) is 8.41. The molecule has 0 N–H and O–H groups in total. The molecule has 0 saturated heterocycles. The molecule has 1 aliphatic rings. The van der Waals surface area contributed by atoms with Crippen molar-refractivity contribution in [2.75, 3.05) is 13.1 Å². The lowest BCUT2D eigenvalue weighted by molar-refractivity contribution is -0.00000507. The molecule has 3 heteroatoms. The molecule has 0 amide bonds. The third kappa shape index (κ3) is 2.89. The molecule has 0 saturated carbocycles. The Kier molecular flexibility index (Phi) is 5.22. The lowest BCUT2D eigenvalue weighted by Crippen LogP contribution is -3.00. The van der Waals surface area contributed by atoms with Gasteiger partial charge < -0.3 is 12.4 Å². The SMILES string of the molecule is Cc1cc(C)c([N+]2(c3c(C)cc(C)cc3C)C=NCC2)c(C)c1.[Cl-]. The minimum absolute atomic E-state index is 0. The van der Waals surface area contributed by atoms with Gasteiger partial charge in [0.1, 0.15) is 17.9 Å². The van der Waals surface area contributed by atoms with Gasteiger partial charge in [0.05, 0.1) is 6.54 Å². The van der Waals surface area contributed by atoms with Crippen LogP contribution >= 0.6 is 0 Å². The van der Waals surface area contributed by atoms with Crippen LogP contribution in [0.1, 0.15) is 33.4 Å². The number of hydrogen-bond acceptors (Lipinski definition) is 1. The van der Waals surface area contributed by atoms with Crippen molar-refractivity contribution in [1.29, 1.82) is 0 Å². The van der Waals surface area contributed by atoms with Crippen LogP contribution in [0.2, 0.25) is 0 Å². The van der Waals surface area contributed by atoms with Crippen LogP contribution in [0.3, 0.4) is 0 Å². The van der Waals surface area contributed by atoms with Gasteiger partial charge in [-0.15, -0.1) is 0 Å². The smallest absolute Gasteiger partial charge is 0.195 e.